The van der Waals surface area contributed by atoms with Gasteiger partial charge in [0.05, 0.1) is 11.9 Å². The van der Waals surface area contributed by atoms with E-state index in [2.05, 4.69) is 6.58 Å². The highest BCUT2D eigenvalue weighted by molar-refractivity contribution is 7.87. The Labute approximate surface area is 106 Å². The molecule has 0 radical (unpaired) electrons. The lowest BCUT2D eigenvalue weighted by molar-refractivity contribution is -0.146. The van der Waals surface area contributed by atoms with E-state index in [0.717, 1.165) is 12.8 Å². The van der Waals surface area contributed by atoms with Crippen molar-refractivity contribution in [2.75, 3.05) is 6.61 Å². The summed E-state index contributed by atoms with van der Waals surface area (Å²) in [6.07, 6.45) is 1.28. The molecular formula is C12H16O5S. The van der Waals surface area contributed by atoms with Gasteiger partial charge in [0.25, 0.3) is 10.1 Å². The van der Waals surface area contributed by atoms with Crippen molar-refractivity contribution in [3.8, 4) is 0 Å². The van der Waals surface area contributed by atoms with Gasteiger partial charge in [-0.2, -0.15) is 8.42 Å². The van der Waals surface area contributed by atoms with Crippen molar-refractivity contribution in [1.29, 1.82) is 0 Å². The summed E-state index contributed by atoms with van der Waals surface area (Å²) in [4.78, 5) is 11.5. The third-order valence-corrected chi connectivity index (χ3v) is 6.23. The molecule has 100 valence electrons. The van der Waals surface area contributed by atoms with E-state index in [-0.39, 0.29) is 17.9 Å². The van der Waals surface area contributed by atoms with Gasteiger partial charge in [-0.1, -0.05) is 6.58 Å². The molecule has 0 spiro atoms. The number of esters is 1. The van der Waals surface area contributed by atoms with Crippen LogP contribution in [0.4, 0.5) is 0 Å². The van der Waals surface area contributed by atoms with Gasteiger partial charge in [-0.05, 0) is 25.7 Å². The van der Waals surface area contributed by atoms with E-state index in [1.165, 1.54) is 0 Å². The number of carbonyl (C=O) groups excluding carboxylic acids is 1. The Morgan fingerprint density at radius 2 is 2.06 bits per heavy atom. The van der Waals surface area contributed by atoms with Crippen LogP contribution in [0.2, 0.25) is 0 Å². The average molecular weight is 272 g/mol. The van der Waals surface area contributed by atoms with E-state index >= 15 is 0 Å². The fraction of sp³-hybridized carbons (Fsp3) is 0.750. The summed E-state index contributed by atoms with van der Waals surface area (Å²) in [5, 5.41) is -0.473. The Balaban J connectivity index is 1.79. The monoisotopic (exact) mass is 272 g/mol. The Hall–Kier alpha value is -0.880. The quantitative estimate of drug-likeness (QED) is 0.423. The molecule has 5 unspecified atom stereocenters. The van der Waals surface area contributed by atoms with E-state index in [9.17, 15) is 13.2 Å². The molecule has 6 heteroatoms. The summed E-state index contributed by atoms with van der Waals surface area (Å²) in [5.41, 5.74) is 0.347. The predicted octanol–water partition coefficient (Wildman–Crippen LogP) is 0.859. The molecule has 3 fully saturated rings. The Bertz CT molecular complexity index is 509. The Morgan fingerprint density at radius 1 is 1.33 bits per heavy atom. The molecule has 3 aliphatic rings. The van der Waals surface area contributed by atoms with E-state index in [1.54, 1.807) is 6.92 Å². The van der Waals surface area contributed by atoms with Gasteiger partial charge >= 0.3 is 5.97 Å². The molecular weight excluding hydrogens is 256 g/mol. The second-order valence-corrected chi connectivity index (χ2v) is 7.29. The van der Waals surface area contributed by atoms with Crippen LogP contribution in [0.3, 0.4) is 0 Å². The van der Waals surface area contributed by atoms with Gasteiger partial charge < -0.3 is 4.74 Å². The summed E-state index contributed by atoms with van der Waals surface area (Å²) in [7, 11) is -3.46. The zero-order valence-electron chi connectivity index (χ0n) is 10.2. The van der Waals surface area contributed by atoms with Crippen LogP contribution >= 0.6 is 0 Å². The first-order valence-electron chi connectivity index (χ1n) is 6.15. The van der Waals surface area contributed by atoms with E-state index in [0.29, 0.717) is 18.1 Å². The first-order valence-corrected chi connectivity index (χ1v) is 7.62. The highest BCUT2D eigenvalue weighted by atomic mass is 32.2. The minimum atomic E-state index is -3.46. The molecule has 0 amide bonds. The second-order valence-electron chi connectivity index (χ2n) is 5.53. The van der Waals surface area contributed by atoms with Gasteiger partial charge in [0.15, 0.2) is 0 Å². The average Bonchev–Trinajstić information content (AvgIpc) is 2.90. The van der Waals surface area contributed by atoms with Crippen LogP contribution in [0.5, 0.6) is 0 Å². The molecule has 0 aromatic rings. The van der Waals surface area contributed by atoms with Gasteiger partial charge in [0.2, 0.25) is 0 Å². The maximum absolute atomic E-state index is 11.8. The highest BCUT2D eigenvalue weighted by Gasteiger charge is 2.62. The predicted molar refractivity (Wildman–Crippen MR) is 63.1 cm³/mol. The standard InChI is InChI=1S/C12H16O5S/c1-6(2)12(13)17-10-4-7-3-8(10)11-9(7)5-16-18(11,14)15/h7-11H,1,3-5H2,2H3. The lowest BCUT2D eigenvalue weighted by Gasteiger charge is -2.28. The molecule has 5 nitrogen and oxygen atoms in total. The van der Waals surface area contributed by atoms with Crippen molar-refractivity contribution in [3.05, 3.63) is 12.2 Å². The van der Waals surface area contributed by atoms with E-state index in [1.807, 2.05) is 0 Å². The fourth-order valence-electron chi connectivity index (χ4n) is 3.64. The number of ether oxygens (including phenoxy) is 1. The highest BCUT2D eigenvalue weighted by Crippen LogP contribution is 2.55. The fourth-order valence-corrected chi connectivity index (χ4v) is 5.58. The largest absolute Gasteiger partial charge is 0.459 e. The van der Waals surface area contributed by atoms with Gasteiger partial charge in [-0.25, -0.2) is 4.79 Å². The number of fused-ring (bicyclic) bond motifs is 5. The minimum Gasteiger partial charge on any atom is -0.459 e. The van der Waals surface area contributed by atoms with Crippen molar-refractivity contribution >= 4 is 16.1 Å². The smallest absolute Gasteiger partial charge is 0.333 e. The van der Waals surface area contributed by atoms with Gasteiger partial charge in [-0.3, -0.25) is 4.18 Å². The number of hydrogen-bond donors (Lipinski definition) is 0. The van der Waals surface area contributed by atoms with Crippen molar-refractivity contribution < 1.29 is 22.1 Å². The summed E-state index contributed by atoms with van der Waals surface area (Å²) in [5.74, 6) is -0.129. The second kappa shape index (κ2) is 3.81. The van der Waals surface area contributed by atoms with Crippen molar-refractivity contribution in [2.45, 2.75) is 31.1 Å². The molecule has 1 saturated heterocycles. The molecule has 2 aliphatic carbocycles. The van der Waals surface area contributed by atoms with Gasteiger partial charge in [-0.15, -0.1) is 0 Å². The molecule has 0 aromatic carbocycles. The molecule has 2 bridgehead atoms. The lowest BCUT2D eigenvalue weighted by atomic mass is 9.87. The normalized spacial score (nSPS) is 43.7. The van der Waals surface area contributed by atoms with Crippen LogP contribution < -0.4 is 0 Å². The van der Waals surface area contributed by atoms with Crippen molar-refractivity contribution in [2.24, 2.45) is 17.8 Å². The van der Waals surface area contributed by atoms with Crippen molar-refractivity contribution in [1.82, 2.24) is 0 Å². The van der Waals surface area contributed by atoms with Crippen LogP contribution in [0, 0.1) is 17.8 Å². The van der Waals surface area contributed by atoms with Gasteiger partial charge in [0.1, 0.15) is 6.10 Å². The summed E-state index contributed by atoms with van der Waals surface area (Å²) in [6, 6.07) is 0. The molecule has 3 rings (SSSR count). The summed E-state index contributed by atoms with van der Waals surface area (Å²) < 4.78 is 33.9. The maximum Gasteiger partial charge on any atom is 0.333 e. The van der Waals surface area contributed by atoms with E-state index < -0.39 is 21.3 Å². The van der Waals surface area contributed by atoms with Crippen LogP contribution in [-0.4, -0.2) is 32.3 Å². The Kier molecular flexibility index (Phi) is 2.57. The lowest BCUT2D eigenvalue weighted by Crippen LogP contribution is -2.39. The first-order chi connectivity index (χ1) is 8.40. The molecule has 1 aliphatic heterocycles. The third-order valence-electron chi connectivity index (χ3n) is 4.40. The van der Waals surface area contributed by atoms with Crippen LogP contribution in [0.15, 0.2) is 12.2 Å². The molecule has 0 aromatic heterocycles. The van der Waals surface area contributed by atoms with Gasteiger partial charge in [0, 0.05) is 17.4 Å². The number of carbonyl (C=O) groups is 1. The molecule has 2 saturated carbocycles. The third kappa shape index (κ3) is 1.62. The van der Waals surface area contributed by atoms with Crippen molar-refractivity contribution in [3.63, 3.8) is 0 Å². The summed E-state index contributed by atoms with van der Waals surface area (Å²) in [6.45, 7) is 5.43. The molecule has 5 atom stereocenters. The molecule has 0 N–H and O–H groups in total. The first kappa shape index (κ1) is 12.2. The minimum absolute atomic E-state index is 0.0970. The van der Waals surface area contributed by atoms with E-state index in [4.69, 9.17) is 8.92 Å². The number of rotatable bonds is 2. The SMILES string of the molecule is C=C(C)C(=O)OC1CC2CC1C1C2COS1(=O)=O. The van der Waals surface area contributed by atoms with Crippen LogP contribution in [-0.2, 0) is 23.8 Å². The molecule has 18 heavy (non-hydrogen) atoms. The number of hydrogen-bond acceptors (Lipinski definition) is 5. The maximum atomic E-state index is 11.8. The summed E-state index contributed by atoms with van der Waals surface area (Å²) >= 11 is 0. The zero-order valence-corrected chi connectivity index (χ0v) is 11.0. The van der Waals surface area contributed by atoms with Crippen LogP contribution in [0.1, 0.15) is 19.8 Å². The van der Waals surface area contributed by atoms with Crippen LogP contribution in [0.25, 0.3) is 0 Å². The topological polar surface area (TPSA) is 69.7 Å². The Morgan fingerprint density at radius 3 is 2.72 bits per heavy atom. The zero-order chi connectivity index (χ0) is 13.1. The molecule has 1 heterocycles.